The van der Waals surface area contributed by atoms with E-state index in [0.29, 0.717) is 11.3 Å². The second kappa shape index (κ2) is 9.85. The summed E-state index contributed by atoms with van der Waals surface area (Å²) in [6.45, 7) is 9.63. The first-order valence-electron chi connectivity index (χ1n) is 11.9. The lowest BCUT2D eigenvalue weighted by atomic mass is 10.1. The second-order valence-electron chi connectivity index (χ2n) is 10.4. The number of aromatic nitrogens is 2. The van der Waals surface area contributed by atoms with E-state index in [1.807, 2.05) is 13.8 Å². The second-order valence-corrected chi connectivity index (χ2v) is 11.9. The number of hydrogen-bond donors (Lipinski definition) is 0. The van der Waals surface area contributed by atoms with E-state index < -0.39 is 40.3 Å². The van der Waals surface area contributed by atoms with Crippen LogP contribution in [0, 0.1) is 0 Å². The van der Waals surface area contributed by atoms with Crippen LogP contribution < -0.4 is 10.6 Å². The van der Waals surface area contributed by atoms with Crippen molar-refractivity contribution in [1.29, 1.82) is 0 Å². The van der Waals surface area contributed by atoms with E-state index in [0.717, 1.165) is 17.8 Å². The molecule has 37 heavy (non-hydrogen) atoms. The smallest absolute Gasteiger partial charge is 0.417 e. The number of carbonyl (C=O) groups is 1. The molecular formula is C24H30ClF3N4O4S. The maximum Gasteiger partial charge on any atom is 0.417 e. The number of anilines is 1. The number of rotatable bonds is 2. The number of carbonyl (C=O) groups excluding carboxylic acids is 1. The molecule has 3 atom stereocenters. The van der Waals surface area contributed by atoms with Gasteiger partial charge in [-0.05, 0) is 40.7 Å². The van der Waals surface area contributed by atoms with E-state index in [1.165, 1.54) is 11.7 Å². The molecule has 0 spiro atoms. The van der Waals surface area contributed by atoms with Gasteiger partial charge in [-0.2, -0.15) is 18.2 Å². The first-order valence-corrected chi connectivity index (χ1v) is 13.2. The van der Waals surface area contributed by atoms with Crippen molar-refractivity contribution in [3.05, 3.63) is 27.1 Å². The van der Waals surface area contributed by atoms with Crippen LogP contribution in [0.15, 0.2) is 15.8 Å². The number of benzene rings is 1. The molecule has 2 aliphatic rings. The average Bonchev–Trinajstić information content (AvgIpc) is 2.96. The summed E-state index contributed by atoms with van der Waals surface area (Å²) in [4.78, 5) is 33.9. The van der Waals surface area contributed by atoms with Gasteiger partial charge in [-0.25, -0.2) is 9.59 Å². The molecule has 0 N–H and O–H groups in total. The SMILES string of the molecule is CO[C@@H]1CSc2c(Cl)c(C(F)(F)F)cc3c(N4C[C@@H](C)N(C(=O)OC(C)(C)C)[C@@H](C)C4)nc(=O)n(c23)C1. The Labute approximate surface area is 222 Å². The summed E-state index contributed by atoms with van der Waals surface area (Å²) in [6, 6.07) is 0.271. The highest BCUT2D eigenvalue weighted by molar-refractivity contribution is 7.99. The molecule has 1 aromatic carbocycles. The van der Waals surface area contributed by atoms with Crippen molar-refractivity contribution in [2.45, 2.75) is 76.0 Å². The van der Waals surface area contributed by atoms with Gasteiger partial charge in [-0.1, -0.05) is 11.6 Å². The van der Waals surface area contributed by atoms with Crippen LogP contribution in [-0.4, -0.2) is 70.3 Å². The summed E-state index contributed by atoms with van der Waals surface area (Å²) in [5.41, 5.74) is -1.95. The van der Waals surface area contributed by atoms with Crippen LogP contribution in [0.25, 0.3) is 10.9 Å². The average molecular weight is 563 g/mol. The number of thioether (sulfide) groups is 1. The quantitative estimate of drug-likeness (QED) is 0.508. The predicted molar refractivity (Wildman–Crippen MR) is 137 cm³/mol. The van der Waals surface area contributed by atoms with Gasteiger partial charge in [0.15, 0.2) is 0 Å². The molecule has 0 unspecified atom stereocenters. The van der Waals surface area contributed by atoms with Gasteiger partial charge in [-0.15, -0.1) is 11.8 Å². The van der Waals surface area contributed by atoms with Gasteiger partial charge in [0.2, 0.25) is 0 Å². The zero-order valence-corrected chi connectivity index (χ0v) is 23.1. The fraction of sp³-hybridized carbons (Fsp3) is 0.625. The molecule has 1 aromatic heterocycles. The van der Waals surface area contributed by atoms with Gasteiger partial charge in [0.05, 0.1) is 45.7 Å². The molecule has 1 saturated heterocycles. The lowest BCUT2D eigenvalue weighted by Crippen LogP contribution is -2.59. The lowest BCUT2D eigenvalue weighted by Gasteiger charge is -2.45. The van der Waals surface area contributed by atoms with Crippen LogP contribution in [0.4, 0.5) is 23.8 Å². The number of methoxy groups -OCH3 is 1. The van der Waals surface area contributed by atoms with Gasteiger partial charge in [-0.3, -0.25) is 9.47 Å². The van der Waals surface area contributed by atoms with E-state index in [4.69, 9.17) is 21.1 Å². The van der Waals surface area contributed by atoms with E-state index in [9.17, 15) is 22.8 Å². The summed E-state index contributed by atoms with van der Waals surface area (Å²) < 4.78 is 54.4. The third-order valence-electron chi connectivity index (χ3n) is 6.40. The number of piperazine rings is 1. The van der Waals surface area contributed by atoms with Crippen LogP contribution in [0.5, 0.6) is 0 Å². The minimum absolute atomic E-state index is 0.138. The van der Waals surface area contributed by atoms with E-state index in [2.05, 4.69) is 4.98 Å². The number of amides is 1. The Morgan fingerprint density at radius 2 is 1.78 bits per heavy atom. The molecule has 0 radical (unpaired) electrons. The number of halogens is 4. The number of hydrogen-bond acceptors (Lipinski definition) is 7. The van der Waals surface area contributed by atoms with Crippen molar-refractivity contribution in [3.63, 3.8) is 0 Å². The standard InChI is InChI=1S/C24H30ClF3N4O4S/c1-12-8-30(9-13(2)32(12)22(34)36-23(3,4)5)20-15-7-16(24(26,27)28)17(25)19-18(15)31(21(33)29-20)10-14(35-6)11-37-19/h7,12-14H,8-11H2,1-6H3/t12-,13+,14-/m0/s1. The topological polar surface area (TPSA) is 76.9 Å². The monoisotopic (exact) mass is 562 g/mol. The molecule has 2 aliphatic heterocycles. The van der Waals surface area contributed by atoms with E-state index in [1.54, 1.807) is 30.6 Å². The zero-order valence-electron chi connectivity index (χ0n) is 21.5. The molecule has 0 aliphatic carbocycles. The maximum absolute atomic E-state index is 14.0. The van der Waals surface area contributed by atoms with Crippen molar-refractivity contribution in [3.8, 4) is 0 Å². The normalized spacial score (nSPS) is 22.8. The number of ether oxygens (including phenoxy) is 2. The van der Waals surface area contributed by atoms with Gasteiger partial charge in [0.1, 0.15) is 11.4 Å². The molecule has 8 nitrogen and oxygen atoms in total. The zero-order chi connectivity index (χ0) is 27.4. The Kier molecular flexibility index (Phi) is 7.41. The highest BCUT2D eigenvalue weighted by atomic mass is 35.5. The van der Waals surface area contributed by atoms with Crippen LogP contribution in [0.3, 0.4) is 0 Å². The van der Waals surface area contributed by atoms with Crippen molar-refractivity contribution in [2.75, 3.05) is 30.9 Å². The summed E-state index contributed by atoms with van der Waals surface area (Å²) in [5, 5.41) is -0.260. The minimum Gasteiger partial charge on any atom is -0.444 e. The number of alkyl halides is 3. The van der Waals surface area contributed by atoms with Crippen molar-refractivity contribution < 1.29 is 27.4 Å². The Morgan fingerprint density at radius 1 is 1.16 bits per heavy atom. The molecule has 3 heterocycles. The first-order chi connectivity index (χ1) is 17.1. The molecule has 1 amide bonds. The largest absolute Gasteiger partial charge is 0.444 e. The Balaban J connectivity index is 1.85. The minimum atomic E-state index is -4.70. The van der Waals surface area contributed by atoms with Crippen molar-refractivity contribution in [2.24, 2.45) is 0 Å². The fourth-order valence-electron chi connectivity index (χ4n) is 4.86. The van der Waals surface area contributed by atoms with Crippen LogP contribution in [-0.2, 0) is 22.2 Å². The number of nitrogens with zero attached hydrogens (tertiary/aromatic N) is 4. The Bertz CT molecular complexity index is 1270. The predicted octanol–water partition coefficient (Wildman–Crippen LogP) is 5.02. The summed E-state index contributed by atoms with van der Waals surface area (Å²) in [7, 11) is 1.49. The van der Waals surface area contributed by atoms with E-state index in [-0.39, 0.29) is 47.8 Å². The maximum atomic E-state index is 14.0. The van der Waals surface area contributed by atoms with Crippen molar-refractivity contribution >= 4 is 46.2 Å². The molecular weight excluding hydrogens is 533 g/mol. The van der Waals surface area contributed by atoms with Gasteiger partial charge < -0.3 is 14.4 Å². The van der Waals surface area contributed by atoms with Crippen LogP contribution in [0.2, 0.25) is 5.02 Å². The van der Waals surface area contributed by atoms with Crippen molar-refractivity contribution in [1.82, 2.24) is 14.5 Å². The Hall–Kier alpha value is -2.18. The summed E-state index contributed by atoms with van der Waals surface area (Å²) in [6.07, 6.45) is -5.58. The lowest BCUT2D eigenvalue weighted by molar-refractivity contribution is -0.137. The van der Waals surface area contributed by atoms with Crippen LogP contribution in [0.1, 0.15) is 40.2 Å². The third kappa shape index (κ3) is 5.37. The molecule has 204 valence electrons. The molecule has 4 rings (SSSR count). The molecule has 0 bridgehead atoms. The van der Waals surface area contributed by atoms with Gasteiger partial charge in [0.25, 0.3) is 0 Å². The third-order valence-corrected chi connectivity index (χ3v) is 8.13. The molecule has 2 aromatic rings. The fourth-order valence-corrected chi connectivity index (χ4v) is 6.47. The molecule has 1 fully saturated rings. The van der Waals surface area contributed by atoms with Crippen LogP contribution >= 0.6 is 23.4 Å². The molecule has 0 saturated carbocycles. The van der Waals surface area contributed by atoms with Gasteiger partial charge >= 0.3 is 18.0 Å². The first kappa shape index (κ1) is 27.8. The highest BCUT2D eigenvalue weighted by Crippen LogP contribution is 2.46. The summed E-state index contributed by atoms with van der Waals surface area (Å²) in [5.74, 6) is 0.463. The molecule has 13 heteroatoms. The van der Waals surface area contributed by atoms with E-state index >= 15 is 0 Å². The highest BCUT2D eigenvalue weighted by Gasteiger charge is 2.40. The van der Waals surface area contributed by atoms with Gasteiger partial charge in [0, 0.05) is 31.3 Å². The Morgan fingerprint density at radius 3 is 2.32 bits per heavy atom. The summed E-state index contributed by atoms with van der Waals surface area (Å²) >= 11 is 7.43.